The third-order valence-corrected chi connectivity index (χ3v) is 7.05. The van der Waals surface area contributed by atoms with Gasteiger partial charge in [-0.1, -0.05) is 48.5 Å². The van der Waals surface area contributed by atoms with Crippen molar-refractivity contribution in [2.45, 2.75) is 0 Å². The van der Waals surface area contributed by atoms with Gasteiger partial charge in [0.05, 0.1) is 12.8 Å². The summed E-state index contributed by atoms with van der Waals surface area (Å²) in [5.74, 6) is 1.75. The van der Waals surface area contributed by atoms with E-state index in [0.29, 0.717) is 13.1 Å². The van der Waals surface area contributed by atoms with Gasteiger partial charge >= 0.3 is 0 Å². The van der Waals surface area contributed by atoms with E-state index in [1.165, 1.54) is 0 Å². The van der Waals surface area contributed by atoms with Gasteiger partial charge in [-0.05, 0) is 54.1 Å². The topological polar surface area (TPSA) is 63.5 Å². The number of ether oxygens (including phenoxy) is 1. The second-order valence-electron chi connectivity index (χ2n) is 9.45. The van der Waals surface area contributed by atoms with Crippen molar-refractivity contribution < 1.29 is 9.53 Å². The first-order valence-corrected chi connectivity index (χ1v) is 13.0. The van der Waals surface area contributed by atoms with Crippen LogP contribution in [-0.4, -0.2) is 58.9 Å². The second kappa shape index (κ2) is 10.8. The summed E-state index contributed by atoms with van der Waals surface area (Å²) in [5.41, 5.74) is 5.60. The summed E-state index contributed by atoms with van der Waals surface area (Å²) in [6.45, 7) is 2.75. The van der Waals surface area contributed by atoms with Gasteiger partial charge < -0.3 is 14.5 Å². The Morgan fingerprint density at radius 1 is 0.795 bits per heavy atom. The van der Waals surface area contributed by atoms with Gasteiger partial charge in [0.2, 0.25) is 0 Å². The number of carbonyl (C=O) groups is 1. The number of nitrogens with zero attached hydrogens (tertiary/aromatic N) is 5. The second-order valence-corrected chi connectivity index (χ2v) is 9.45. The molecule has 0 saturated carbocycles. The Morgan fingerprint density at radius 2 is 1.54 bits per heavy atom. The highest BCUT2D eigenvalue weighted by Crippen LogP contribution is 2.34. The number of benzene rings is 3. The Kier molecular flexibility index (Phi) is 6.78. The number of piperazine rings is 1. The van der Waals surface area contributed by atoms with Crippen molar-refractivity contribution in [1.29, 1.82) is 0 Å². The fourth-order valence-corrected chi connectivity index (χ4v) is 4.94. The van der Waals surface area contributed by atoms with Gasteiger partial charge in [-0.15, -0.1) is 0 Å². The van der Waals surface area contributed by atoms with Gasteiger partial charge in [0.15, 0.2) is 0 Å². The van der Waals surface area contributed by atoms with Crippen molar-refractivity contribution in [3.05, 3.63) is 115 Å². The summed E-state index contributed by atoms with van der Waals surface area (Å²) in [4.78, 5) is 21.7. The molecule has 1 aliphatic rings. The maximum atomic E-state index is 12.9. The van der Waals surface area contributed by atoms with Crippen LogP contribution in [0.2, 0.25) is 0 Å². The predicted molar refractivity (Wildman–Crippen MR) is 153 cm³/mol. The quantitative estimate of drug-likeness (QED) is 0.296. The van der Waals surface area contributed by atoms with Crippen molar-refractivity contribution in [2.75, 3.05) is 38.2 Å². The zero-order valence-corrected chi connectivity index (χ0v) is 21.8. The van der Waals surface area contributed by atoms with E-state index in [0.717, 1.165) is 58.3 Å². The summed E-state index contributed by atoms with van der Waals surface area (Å²) >= 11 is 0. The molecule has 1 fully saturated rings. The van der Waals surface area contributed by atoms with Crippen LogP contribution >= 0.6 is 0 Å². The maximum absolute atomic E-state index is 12.9. The molecule has 7 heteroatoms. The van der Waals surface area contributed by atoms with Crippen molar-refractivity contribution in [3.8, 4) is 33.8 Å². The van der Waals surface area contributed by atoms with Gasteiger partial charge in [0, 0.05) is 55.3 Å². The first kappa shape index (κ1) is 24.4. The zero-order valence-electron chi connectivity index (χ0n) is 21.8. The van der Waals surface area contributed by atoms with Crippen molar-refractivity contribution in [3.63, 3.8) is 0 Å². The van der Waals surface area contributed by atoms with Crippen molar-refractivity contribution >= 4 is 11.7 Å². The van der Waals surface area contributed by atoms with Gasteiger partial charge in [0.25, 0.3) is 5.91 Å². The van der Waals surface area contributed by atoms with Crippen molar-refractivity contribution in [1.82, 2.24) is 19.7 Å². The average molecular weight is 516 g/mol. The van der Waals surface area contributed by atoms with E-state index >= 15 is 0 Å². The number of pyridine rings is 1. The lowest BCUT2D eigenvalue weighted by atomic mass is 10.0. The van der Waals surface area contributed by atoms with Crippen LogP contribution in [0.4, 0.5) is 5.82 Å². The van der Waals surface area contributed by atoms with E-state index in [2.05, 4.69) is 28.2 Å². The number of para-hydroxylation sites is 1. The Balaban J connectivity index is 1.29. The molecule has 3 aromatic carbocycles. The van der Waals surface area contributed by atoms with E-state index < -0.39 is 0 Å². The Bertz CT molecular complexity index is 1580. The molecule has 0 aliphatic carbocycles. The number of anilines is 1. The molecule has 0 unspecified atom stereocenters. The van der Waals surface area contributed by atoms with Crippen LogP contribution in [0.5, 0.6) is 5.75 Å². The molecule has 7 nitrogen and oxygen atoms in total. The van der Waals surface area contributed by atoms with Gasteiger partial charge in [-0.2, -0.15) is 5.10 Å². The summed E-state index contributed by atoms with van der Waals surface area (Å²) in [6, 6.07) is 31.7. The molecule has 194 valence electrons. The van der Waals surface area contributed by atoms with Crippen LogP contribution in [0.1, 0.15) is 10.4 Å². The van der Waals surface area contributed by atoms with Crippen LogP contribution in [0.25, 0.3) is 28.1 Å². The molecule has 0 atom stereocenters. The molecule has 0 radical (unpaired) electrons. The minimum Gasteiger partial charge on any atom is -0.497 e. The zero-order chi connectivity index (χ0) is 26.6. The van der Waals surface area contributed by atoms with E-state index in [9.17, 15) is 4.79 Å². The molecule has 0 N–H and O–H groups in total. The van der Waals surface area contributed by atoms with Gasteiger partial charge in [-0.3, -0.25) is 4.79 Å². The normalized spacial score (nSPS) is 13.4. The maximum Gasteiger partial charge on any atom is 0.253 e. The van der Waals surface area contributed by atoms with Crippen LogP contribution < -0.4 is 9.64 Å². The molecule has 5 aromatic rings. The summed E-state index contributed by atoms with van der Waals surface area (Å²) < 4.78 is 7.40. The summed E-state index contributed by atoms with van der Waals surface area (Å²) in [6.07, 6.45) is 3.92. The molecule has 1 aliphatic heterocycles. The lowest BCUT2D eigenvalue weighted by Crippen LogP contribution is -2.49. The molecule has 1 saturated heterocycles. The molecule has 0 bridgehead atoms. The SMILES string of the molecule is COc1cccc(-c2nn(-c3ccccc3)cc2-c2ccnc(N3CCN(C(=O)c4ccccc4)CC3)c2)c1. The Hall–Kier alpha value is -4.91. The molecule has 0 spiro atoms. The highest BCUT2D eigenvalue weighted by Gasteiger charge is 2.23. The first-order chi connectivity index (χ1) is 19.2. The highest BCUT2D eigenvalue weighted by atomic mass is 16.5. The minimum atomic E-state index is 0.0771. The number of hydrogen-bond donors (Lipinski definition) is 0. The van der Waals surface area contributed by atoms with Crippen LogP contribution in [0, 0.1) is 0 Å². The number of methoxy groups -OCH3 is 1. The van der Waals surface area contributed by atoms with E-state index in [-0.39, 0.29) is 5.91 Å². The Labute approximate surface area is 227 Å². The van der Waals surface area contributed by atoms with Crippen LogP contribution in [0.15, 0.2) is 109 Å². The van der Waals surface area contributed by atoms with Gasteiger partial charge in [-0.25, -0.2) is 9.67 Å². The van der Waals surface area contributed by atoms with E-state index in [4.69, 9.17) is 9.84 Å². The monoisotopic (exact) mass is 515 g/mol. The largest absolute Gasteiger partial charge is 0.497 e. The third kappa shape index (κ3) is 5.11. The fourth-order valence-electron chi connectivity index (χ4n) is 4.94. The highest BCUT2D eigenvalue weighted by molar-refractivity contribution is 5.94. The Morgan fingerprint density at radius 3 is 2.28 bits per heavy atom. The van der Waals surface area contributed by atoms with Gasteiger partial charge in [0.1, 0.15) is 17.3 Å². The van der Waals surface area contributed by atoms with E-state index in [1.807, 2.05) is 101 Å². The molecular weight excluding hydrogens is 486 g/mol. The van der Waals surface area contributed by atoms with Crippen LogP contribution in [-0.2, 0) is 0 Å². The lowest BCUT2D eigenvalue weighted by Gasteiger charge is -2.35. The smallest absolute Gasteiger partial charge is 0.253 e. The number of carbonyl (C=O) groups excluding carboxylic acids is 1. The number of amides is 1. The fraction of sp³-hybridized carbons (Fsp3) is 0.156. The van der Waals surface area contributed by atoms with E-state index in [1.54, 1.807) is 7.11 Å². The minimum absolute atomic E-state index is 0.0771. The third-order valence-electron chi connectivity index (χ3n) is 7.05. The molecule has 39 heavy (non-hydrogen) atoms. The predicted octanol–water partition coefficient (Wildman–Crippen LogP) is 5.57. The number of rotatable bonds is 6. The molecule has 3 heterocycles. The van der Waals surface area contributed by atoms with Crippen LogP contribution in [0.3, 0.4) is 0 Å². The molecule has 6 rings (SSSR count). The first-order valence-electron chi connectivity index (χ1n) is 13.0. The summed E-state index contributed by atoms with van der Waals surface area (Å²) in [5, 5.41) is 4.99. The standard InChI is InChI=1S/C32H29N5O2/c1-39-28-14-8-11-26(21-28)31-29(23-37(34-31)27-12-6-3-7-13-27)25-15-16-33-30(22-25)35-17-19-36(20-18-35)32(38)24-9-4-2-5-10-24/h2-16,21-23H,17-20H2,1H3. The molecule has 1 amide bonds. The summed E-state index contributed by atoms with van der Waals surface area (Å²) in [7, 11) is 1.67. The molecular formula is C32H29N5O2. The average Bonchev–Trinajstić information content (AvgIpc) is 3.48. The number of hydrogen-bond acceptors (Lipinski definition) is 5. The van der Waals surface area contributed by atoms with Crippen molar-refractivity contribution in [2.24, 2.45) is 0 Å². The molecule has 2 aromatic heterocycles. The lowest BCUT2D eigenvalue weighted by molar-refractivity contribution is 0.0746. The number of aromatic nitrogens is 3.